The lowest BCUT2D eigenvalue weighted by Crippen LogP contribution is -2.45. The Morgan fingerprint density at radius 3 is 2.62 bits per heavy atom. The molecule has 1 aliphatic heterocycles. The molecule has 1 heterocycles. The van der Waals surface area contributed by atoms with Gasteiger partial charge in [-0.05, 0) is 50.4 Å². The van der Waals surface area contributed by atoms with Crippen LogP contribution in [0.3, 0.4) is 0 Å². The van der Waals surface area contributed by atoms with Gasteiger partial charge < -0.3 is 4.90 Å². The van der Waals surface area contributed by atoms with Gasteiger partial charge in [0.15, 0.2) is 0 Å². The van der Waals surface area contributed by atoms with Crippen molar-refractivity contribution >= 4 is 5.91 Å². The fourth-order valence-electron chi connectivity index (χ4n) is 3.48. The van der Waals surface area contributed by atoms with Crippen molar-refractivity contribution in [2.75, 3.05) is 6.54 Å². The zero-order valence-electron chi connectivity index (χ0n) is 9.56. The topological polar surface area (TPSA) is 44.1 Å². The number of piperidine rings is 1. The van der Waals surface area contributed by atoms with E-state index in [-0.39, 0.29) is 17.9 Å². The SMILES string of the molecule is N#CC1CCCCN1C(=O)C1CC2CC2C1. The third-order valence-corrected chi connectivity index (χ3v) is 4.53. The second-order valence-corrected chi connectivity index (χ2v) is 5.60. The van der Waals surface area contributed by atoms with Crippen LogP contribution in [0.15, 0.2) is 0 Å². The Morgan fingerprint density at radius 1 is 1.19 bits per heavy atom. The lowest BCUT2D eigenvalue weighted by molar-refractivity contribution is -0.138. The lowest BCUT2D eigenvalue weighted by Gasteiger charge is -2.33. The van der Waals surface area contributed by atoms with Gasteiger partial charge >= 0.3 is 0 Å². The Hall–Kier alpha value is -1.04. The molecule has 0 aromatic heterocycles. The molecule has 3 nitrogen and oxygen atoms in total. The average molecular weight is 218 g/mol. The van der Waals surface area contributed by atoms with E-state index in [0.717, 1.165) is 50.5 Å². The van der Waals surface area contributed by atoms with E-state index in [9.17, 15) is 4.79 Å². The minimum atomic E-state index is -0.141. The highest BCUT2D eigenvalue weighted by molar-refractivity contribution is 5.80. The number of hydrogen-bond donors (Lipinski definition) is 0. The first kappa shape index (κ1) is 10.1. The molecule has 3 aliphatic rings. The fourth-order valence-corrected chi connectivity index (χ4v) is 3.48. The highest BCUT2D eigenvalue weighted by Gasteiger charge is 2.49. The third-order valence-electron chi connectivity index (χ3n) is 4.53. The van der Waals surface area contributed by atoms with Crippen LogP contribution in [0.5, 0.6) is 0 Å². The molecule has 1 amide bonds. The van der Waals surface area contributed by atoms with Crippen LogP contribution in [0.1, 0.15) is 38.5 Å². The zero-order valence-corrected chi connectivity index (χ0v) is 9.56. The molecule has 0 N–H and O–H groups in total. The summed E-state index contributed by atoms with van der Waals surface area (Å²) in [6.07, 6.45) is 6.59. The van der Waals surface area contributed by atoms with E-state index in [1.807, 2.05) is 4.90 Å². The quantitative estimate of drug-likeness (QED) is 0.675. The highest BCUT2D eigenvalue weighted by Crippen LogP contribution is 2.54. The molecule has 0 aromatic carbocycles. The second kappa shape index (κ2) is 3.76. The van der Waals surface area contributed by atoms with E-state index >= 15 is 0 Å². The molecule has 2 aliphatic carbocycles. The first-order valence-corrected chi connectivity index (χ1v) is 6.49. The number of likely N-dealkylation sites (tertiary alicyclic amines) is 1. The molecular weight excluding hydrogens is 200 g/mol. The molecule has 3 rings (SSSR count). The van der Waals surface area contributed by atoms with Crippen LogP contribution in [0, 0.1) is 29.1 Å². The first-order valence-electron chi connectivity index (χ1n) is 6.49. The normalized spacial score (nSPS) is 41.3. The minimum Gasteiger partial charge on any atom is -0.326 e. The van der Waals surface area contributed by atoms with E-state index < -0.39 is 0 Å². The Bertz CT molecular complexity index is 336. The molecule has 3 fully saturated rings. The zero-order chi connectivity index (χ0) is 11.1. The van der Waals surface area contributed by atoms with E-state index in [1.54, 1.807) is 0 Å². The number of amides is 1. The van der Waals surface area contributed by atoms with Gasteiger partial charge in [0, 0.05) is 12.5 Å². The van der Waals surface area contributed by atoms with Gasteiger partial charge in [-0.2, -0.15) is 5.26 Å². The molecule has 0 radical (unpaired) electrons. The first-order chi connectivity index (χ1) is 7.79. The molecule has 86 valence electrons. The molecule has 0 aromatic rings. The monoisotopic (exact) mass is 218 g/mol. The van der Waals surface area contributed by atoms with Gasteiger partial charge in [-0.15, -0.1) is 0 Å². The fraction of sp³-hybridized carbons (Fsp3) is 0.846. The number of carbonyl (C=O) groups excluding carboxylic acids is 1. The van der Waals surface area contributed by atoms with E-state index in [1.165, 1.54) is 6.42 Å². The lowest BCUT2D eigenvalue weighted by atomic mass is 9.97. The minimum absolute atomic E-state index is 0.141. The Morgan fingerprint density at radius 2 is 1.94 bits per heavy atom. The standard InChI is InChI=1S/C13H18N2O/c14-8-12-3-1-2-4-15(12)13(16)11-6-9-5-10(9)7-11/h9-12H,1-7H2. The van der Waals surface area contributed by atoms with Crippen molar-refractivity contribution in [2.45, 2.75) is 44.6 Å². The summed E-state index contributed by atoms with van der Waals surface area (Å²) in [6, 6.07) is 2.15. The van der Waals surface area contributed by atoms with Crippen molar-refractivity contribution < 1.29 is 4.79 Å². The molecule has 0 spiro atoms. The summed E-state index contributed by atoms with van der Waals surface area (Å²) in [4.78, 5) is 14.2. The van der Waals surface area contributed by atoms with Crippen molar-refractivity contribution in [3.8, 4) is 6.07 Å². The summed E-state index contributed by atoms with van der Waals surface area (Å²) < 4.78 is 0. The molecule has 1 saturated heterocycles. The second-order valence-electron chi connectivity index (χ2n) is 5.60. The third kappa shape index (κ3) is 1.61. The number of hydrogen-bond acceptors (Lipinski definition) is 2. The molecular formula is C13H18N2O. The molecule has 3 heteroatoms. The molecule has 2 saturated carbocycles. The summed E-state index contributed by atoms with van der Waals surface area (Å²) in [7, 11) is 0. The largest absolute Gasteiger partial charge is 0.326 e. The van der Waals surface area contributed by atoms with Crippen molar-refractivity contribution in [2.24, 2.45) is 17.8 Å². The average Bonchev–Trinajstić information content (AvgIpc) is 2.95. The van der Waals surface area contributed by atoms with Gasteiger partial charge in [-0.25, -0.2) is 0 Å². The van der Waals surface area contributed by atoms with Crippen LogP contribution in [-0.4, -0.2) is 23.4 Å². The summed E-state index contributed by atoms with van der Waals surface area (Å²) in [5.41, 5.74) is 0. The predicted molar refractivity (Wildman–Crippen MR) is 59.3 cm³/mol. The smallest absolute Gasteiger partial charge is 0.226 e. The maximum Gasteiger partial charge on any atom is 0.226 e. The highest BCUT2D eigenvalue weighted by atomic mass is 16.2. The number of fused-ring (bicyclic) bond motifs is 1. The van der Waals surface area contributed by atoms with Gasteiger partial charge in [0.1, 0.15) is 6.04 Å². The van der Waals surface area contributed by atoms with Gasteiger partial charge in [0.2, 0.25) is 5.91 Å². The summed E-state index contributed by atoms with van der Waals surface area (Å²) in [6.45, 7) is 0.808. The van der Waals surface area contributed by atoms with Crippen molar-refractivity contribution in [3.05, 3.63) is 0 Å². The number of carbonyl (C=O) groups is 1. The van der Waals surface area contributed by atoms with Crippen LogP contribution < -0.4 is 0 Å². The molecule has 16 heavy (non-hydrogen) atoms. The van der Waals surface area contributed by atoms with E-state index in [4.69, 9.17) is 5.26 Å². The van der Waals surface area contributed by atoms with Crippen molar-refractivity contribution in [3.63, 3.8) is 0 Å². The van der Waals surface area contributed by atoms with Crippen LogP contribution in [0.2, 0.25) is 0 Å². The maximum atomic E-state index is 12.3. The molecule has 3 atom stereocenters. The molecule has 0 bridgehead atoms. The van der Waals surface area contributed by atoms with Gasteiger partial charge in [0.25, 0.3) is 0 Å². The summed E-state index contributed by atoms with van der Waals surface area (Å²) >= 11 is 0. The molecule has 3 unspecified atom stereocenters. The Kier molecular flexibility index (Phi) is 2.38. The maximum absolute atomic E-state index is 12.3. The van der Waals surface area contributed by atoms with Crippen LogP contribution in [0.25, 0.3) is 0 Å². The Balaban J connectivity index is 1.66. The summed E-state index contributed by atoms with van der Waals surface area (Å²) in [5.74, 6) is 2.22. The van der Waals surface area contributed by atoms with Crippen molar-refractivity contribution in [1.29, 1.82) is 5.26 Å². The number of nitriles is 1. The van der Waals surface area contributed by atoms with Crippen LogP contribution in [-0.2, 0) is 4.79 Å². The van der Waals surface area contributed by atoms with Crippen molar-refractivity contribution in [1.82, 2.24) is 4.90 Å². The predicted octanol–water partition coefficient (Wildman–Crippen LogP) is 1.94. The summed E-state index contributed by atoms with van der Waals surface area (Å²) in [5, 5.41) is 9.07. The van der Waals surface area contributed by atoms with Crippen LogP contribution in [0.4, 0.5) is 0 Å². The van der Waals surface area contributed by atoms with E-state index in [2.05, 4.69) is 6.07 Å². The van der Waals surface area contributed by atoms with Gasteiger partial charge in [-0.1, -0.05) is 0 Å². The van der Waals surface area contributed by atoms with Gasteiger partial charge in [-0.3, -0.25) is 4.79 Å². The van der Waals surface area contributed by atoms with Crippen LogP contribution >= 0.6 is 0 Å². The number of nitrogens with zero attached hydrogens (tertiary/aromatic N) is 2. The number of rotatable bonds is 1. The van der Waals surface area contributed by atoms with E-state index in [0.29, 0.717) is 0 Å². The Labute approximate surface area is 96.4 Å². The van der Waals surface area contributed by atoms with Gasteiger partial charge in [0.05, 0.1) is 6.07 Å².